The molecule has 0 unspecified atom stereocenters. The Labute approximate surface area is 127 Å². The lowest BCUT2D eigenvalue weighted by molar-refractivity contribution is 0.244. The molecule has 108 valence electrons. The highest BCUT2D eigenvalue weighted by molar-refractivity contribution is 5.44. The lowest BCUT2D eigenvalue weighted by Crippen LogP contribution is -2.23. The number of benzene rings is 2. The van der Waals surface area contributed by atoms with Gasteiger partial charge in [-0.25, -0.2) is 0 Å². The van der Waals surface area contributed by atoms with Crippen LogP contribution in [0.3, 0.4) is 0 Å². The number of hydrogen-bond acceptors (Lipinski definition) is 2. The largest absolute Gasteiger partial charge is 0.492 e. The Kier molecular flexibility index (Phi) is 5.87. The second-order valence-corrected chi connectivity index (χ2v) is 4.88. The van der Waals surface area contributed by atoms with Gasteiger partial charge in [-0.2, -0.15) is 0 Å². The first-order valence-electron chi connectivity index (χ1n) is 7.26. The molecular weight excluding hydrogens is 258 g/mol. The lowest BCUT2D eigenvalue weighted by Gasteiger charge is -2.14. The van der Waals surface area contributed by atoms with Gasteiger partial charge < -0.3 is 9.64 Å². The third-order valence-corrected chi connectivity index (χ3v) is 3.26. The van der Waals surface area contributed by atoms with Crippen molar-refractivity contribution in [2.24, 2.45) is 0 Å². The van der Waals surface area contributed by atoms with Crippen LogP contribution in [0.2, 0.25) is 0 Å². The molecule has 0 aliphatic heterocycles. The van der Waals surface area contributed by atoms with Gasteiger partial charge in [0.15, 0.2) is 0 Å². The third kappa shape index (κ3) is 5.33. The Morgan fingerprint density at radius 1 is 0.905 bits per heavy atom. The fraction of sp³-hybridized carbons (Fsp3) is 0.263. The second-order valence-electron chi connectivity index (χ2n) is 4.88. The molecule has 2 heteroatoms. The van der Waals surface area contributed by atoms with Gasteiger partial charge in [-0.3, -0.25) is 0 Å². The Balaban J connectivity index is 1.89. The normalized spacial score (nSPS) is 10.0. The van der Waals surface area contributed by atoms with Gasteiger partial charge in [-0.15, -0.1) is 0 Å². The van der Waals surface area contributed by atoms with Gasteiger partial charge in [0.1, 0.15) is 12.4 Å². The van der Waals surface area contributed by atoms with Crippen LogP contribution in [0.15, 0.2) is 54.6 Å². The minimum Gasteiger partial charge on any atom is -0.492 e. The molecule has 0 saturated carbocycles. The van der Waals surface area contributed by atoms with Crippen molar-refractivity contribution in [1.82, 2.24) is 4.90 Å². The number of likely N-dealkylation sites (N-methyl/N-ethyl adjacent to an activating group) is 1. The van der Waals surface area contributed by atoms with E-state index in [1.54, 1.807) is 0 Å². The maximum Gasteiger partial charge on any atom is 0.119 e. The molecule has 0 aliphatic rings. The Bertz CT molecular complexity index is 593. The molecule has 0 fully saturated rings. The van der Waals surface area contributed by atoms with Crippen molar-refractivity contribution in [3.8, 4) is 17.6 Å². The lowest BCUT2D eigenvalue weighted by atomic mass is 10.2. The molecule has 2 aromatic carbocycles. The van der Waals surface area contributed by atoms with Crippen molar-refractivity contribution in [1.29, 1.82) is 0 Å². The molecule has 2 nitrogen and oxygen atoms in total. The third-order valence-electron chi connectivity index (χ3n) is 3.26. The minimum atomic E-state index is 0.708. The van der Waals surface area contributed by atoms with E-state index in [4.69, 9.17) is 4.74 Å². The fourth-order valence-electron chi connectivity index (χ4n) is 1.78. The molecule has 0 radical (unpaired) electrons. The van der Waals surface area contributed by atoms with Crippen LogP contribution in [-0.4, -0.2) is 31.6 Å². The van der Waals surface area contributed by atoms with E-state index in [-0.39, 0.29) is 0 Å². The van der Waals surface area contributed by atoms with Gasteiger partial charge >= 0.3 is 0 Å². The van der Waals surface area contributed by atoms with Crippen LogP contribution in [0, 0.1) is 11.8 Å². The average Bonchev–Trinajstić information content (AvgIpc) is 2.55. The van der Waals surface area contributed by atoms with Gasteiger partial charge in [0, 0.05) is 17.7 Å². The molecule has 2 rings (SSSR count). The SMILES string of the molecule is CCN(C)CCOc1ccc(C#Cc2ccccc2)cc1. The maximum absolute atomic E-state index is 5.71. The first kappa shape index (κ1) is 15.2. The summed E-state index contributed by atoms with van der Waals surface area (Å²) in [6.07, 6.45) is 0. The highest BCUT2D eigenvalue weighted by Gasteiger charge is 1.96. The zero-order chi connectivity index (χ0) is 14.9. The van der Waals surface area contributed by atoms with E-state index in [1.807, 2.05) is 54.6 Å². The summed E-state index contributed by atoms with van der Waals surface area (Å²) in [5, 5.41) is 0. The van der Waals surface area contributed by atoms with Crippen molar-refractivity contribution in [2.45, 2.75) is 6.92 Å². The van der Waals surface area contributed by atoms with Crippen LogP contribution in [0.1, 0.15) is 18.1 Å². The summed E-state index contributed by atoms with van der Waals surface area (Å²) in [5.41, 5.74) is 2.03. The number of nitrogens with zero attached hydrogens (tertiary/aromatic N) is 1. The van der Waals surface area contributed by atoms with Crippen molar-refractivity contribution < 1.29 is 4.74 Å². The predicted octanol–water partition coefficient (Wildman–Crippen LogP) is 3.42. The van der Waals surface area contributed by atoms with E-state index < -0.39 is 0 Å². The summed E-state index contributed by atoms with van der Waals surface area (Å²) in [6, 6.07) is 17.9. The van der Waals surface area contributed by atoms with Crippen molar-refractivity contribution in [2.75, 3.05) is 26.7 Å². The molecule has 0 saturated heterocycles. The van der Waals surface area contributed by atoms with Crippen molar-refractivity contribution in [3.63, 3.8) is 0 Å². The van der Waals surface area contributed by atoms with Crippen LogP contribution in [0.5, 0.6) is 5.75 Å². The van der Waals surface area contributed by atoms with Gasteiger partial charge in [0.25, 0.3) is 0 Å². The zero-order valence-electron chi connectivity index (χ0n) is 12.7. The predicted molar refractivity (Wildman–Crippen MR) is 87.5 cm³/mol. The molecule has 0 N–H and O–H groups in total. The Morgan fingerprint density at radius 2 is 1.52 bits per heavy atom. The smallest absolute Gasteiger partial charge is 0.119 e. The van der Waals surface area contributed by atoms with E-state index >= 15 is 0 Å². The molecular formula is C19H21NO. The fourth-order valence-corrected chi connectivity index (χ4v) is 1.78. The molecule has 2 aromatic rings. The van der Waals surface area contributed by atoms with Gasteiger partial charge in [0.2, 0.25) is 0 Å². The number of ether oxygens (including phenoxy) is 1. The molecule has 0 bridgehead atoms. The molecule has 0 heterocycles. The average molecular weight is 279 g/mol. The number of hydrogen-bond donors (Lipinski definition) is 0. The van der Waals surface area contributed by atoms with E-state index in [9.17, 15) is 0 Å². The topological polar surface area (TPSA) is 12.5 Å². The first-order valence-corrected chi connectivity index (χ1v) is 7.26. The zero-order valence-corrected chi connectivity index (χ0v) is 12.7. The molecule has 21 heavy (non-hydrogen) atoms. The van der Waals surface area contributed by atoms with E-state index in [0.29, 0.717) is 6.61 Å². The maximum atomic E-state index is 5.71. The quantitative estimate of drug-likeness (QED) is 0.778. The standard InChI is InChI=1S/C19H21NO/c1-3-20(2)15-16-21-19-13-11-18(12-14-19)10-9-17-7-5-4-6-8-17/h4-8,11-14H,3,15-16H2,1-2H3. The summed E-state index contributed by atoms with van der Waals surface area (Å²) in [5.74, 6) is 7.20. The van der Waals surface area contributed by atoms with Crippen LogP contribution < -0.4 is 4.74 Å². The van der Waals surface area contributed by atoms with E-state index in [0.717, 1.165) is 30.0 Å². The first-order chi connectivity index (χ1) is 10.3. The summed E-state index contributed by atoms with van der Waals surface area (Å²) in [7, 11) is 2.09. The van der Waals surface area contributed by atoms with Crippen LogP contribution in [0.25, 0.3) is 0 Å². The van der Waals surface area contributed by atoms with Crippen molar-refractivity contribution >= 4 is 0 Å². The van der Waals surface area contributed by atoms with Gasteiger partial charge in [0.05, 0.1) is 0 Å². The molecule has 0 aromatic heterocycles. The van der Waals surface area contributed by atoms with Crippen LogP contribution in [0.4, 0.5) is 0 Å². The number of rotatable bonds is 5. The summed E-state index contributed by atoms with van der Waals surface area (Å²) in [6.45, 7) is 4.82. The van der Waals surface area contributed by atoms with Gasteiger partial charge in [-0.1, -0.05) is 37.0 Å². The molecule has 0 spiro atoms. The molecule has 0 aliphatic carbocycles. The molecule has 0 amide bonds. The monoisotopic (exact) mass is 279 g/mol. The summed E-state index contributed by atoms with van der Waals surface area (Å²) in [4.78, 5) is 2.22. The second kappa shape index (κ2) is 8.14. The van der Waals surface area contributed by atoms with E-state index in [1.165, 1.54) is 0 Å². The van der Waals surface area contributed by atoms with Crippen molar-refractivity contribution in [3.05, 3.63) is 65.7 Å². The Hall–Kier alpha value is -2.24. The molecule has 0 atom stereocenters. The van der Waals surface area contributed by atoms with Crippen LogP contribution in [-0.2, 0) is 0 Å². The minimum absolute atomic E-state index is 0.708. The van der Waals surface area contributed by atoms with Gasteiger partial charge in [-0.05, 0) is 50.0 Å². The summed E-state index contributed by atoms with van der Waals surface area (Å²) >= 11 is 0. The van der Waals surface area contributed by atoms with E-state index in [2.05, 4.69) is 30.7 Å². The summed E-state index contributed by atoms with van der Waals surface area (Å²) < 4.78 is 5.71. The highest BCUT2D eigenvalue weighted by Crippen LogP contribution is 2.11. The van der Waals surface area contributed by atoms with Crippen LogP contribution >= 0.6 is 0 Å². The Morgan fingerprint density at radius 3 is 2.14 bits per heavy atom. The highest BCUT2D eigenvalue weighted by atomic mass is 16.5.